The number of nitrogens with zero attached hydrogens (tertiary/aromatic N) is 2. The van der Waals surface area contributed by atoms with Crippen LogP contribution in [0.5, 0.6) is 0 Å². The molecule has 1 unspecified atom stereocenters. The van der Waals surface area contributed by atoms with Crippen LogP contribution in [0.15, 0.2) is 84.6 Å². The maximum Gasteiger partial charge on any atom is 0.330 e. The highest BCUT2D eigenvalue weighted by Gasteiger charge is 2.42. The molecule has 6 heteroatoms. The molecule has 0 amide bonds. The maximum atomic E-state index is 13.0. The molecule has 2 bridgehead atoms. The zero-order valence-corrected chi connectivity index (χ0v) is 19.4. The van der Waals surface area contributed by atoms with Crippen LogP contribution in [0.1, 0.15) is 23.7 Å². The van der Waals surface area contributed by atoms with Crippen LogP contribution in [0.4, 0.5) is 0 Å². The van der Waals surface area contributed by atoms with Crippen molar-refractivity contribution in [2.24, 2.45) is 11.8 Å². The van der Waals surface area contributed by atoms with Crippen molar-refractivity contribution in [3.8, 4) is 0 Å². The van der Waals surface area contributed by atoms with Crippen LogP contribution >= 0.6 is 0 Å². The molecule has 0 saturated heterocycles. The molecule has 0 radical (unpaired) electrons. The predicted molar refractivity (Wildman–Crippen MR) is 130 cm³/mol. The molecular formula is C28H28N2O4. The number of aromatic nitrogens is 1. The number of carbonyl (C=O) groups is 2. The van der Waals surface area contributed by atoms with Gasteiger partial charge in [-0.2, -0.15) is 0 Å². The van der Waals surface area contributed by atoms with E-state index in [9.17, 15) is 9.59 Å². The Balaban J connectivity index is 1.66. The van der Waals surface area contributed by atoms with Crippen LogP contribution in [-0.2, 0) is 32.2 Å². The molecule has 5 rings (SSSR count). The molecule has 0 aliphatic carbocycles. The average molecular weight is 457 g/mol. The molecule has 3 heterocycles. The van der Waals surface area contributed by atoms with Crippen LogP contribution in [0.25, 0.3) is 10.9 Å². The summed E-state index contributed by atoms with van der Waals surface area (Å²) in [6, 6.07) is 21.0. The number of rotatable bonds is 5. The first-order valence-corrected chi connectivity index (χ1v) is 11.5. The summed E-state index contributed by atoms with van der Waals surface area (Å²) in [6.07, 6.45) is 6.08. The smallest absolute Gasteiger partial charge is 0.330 e. The van der Waals surface area contributed by atoms with E-state index in [1.807, 2.05) is 30.3 Å². The molecule has 0 spiro atoms. The van der Waals surface area contributed by atoms with Gasteiger partial charge in [-0.3, -0.25) is 4.79 Å². The Morgan fingerprint density at radius 2 is 1.79 bits per heavy atom. The Bertz CT molecular complexity index is 1270. The molecule has 6 nitrogen and oxygen atoms in total. The molecule has 3 atom stereocenters. The summed E-state index contributed by atoms with van der Waals surface area (Å²) in [5.74, 6) is -1.09. The van der Waals surface area contributed by atoms with E-state index in [0.29, 0.717) is 6.54 Å². The van der Waals surface area contributed by atoms with Crippen molar-refractivity contribution in [2.45, 2.75) is 25.6 Å². The highest BCUT2D eigenvalue weighted by molar-refractivity contribution is 5.83. The summed E-state index contributed by atoms with van der Waals surface area (Å²) in [7, 11) is 2.80. The average Bonchev–Trinajstić information content (AvgIpc) is 3.17. The Kier molecular flexibility index (Phi) is 5.97. The SMILES string of the molecule is COC(=O)/C=C/C1=CN(Cc2ccccc2)[C@H]2C[C@@H]1C(C(=O)OC)Cn1c2cc2ccccc21. The summed E-state index contributed by atoms with van der Waals surface area (Å²) in [4.78, 5) is 27.2. The van der Waals surface area contributed by atoms with E-state index in [1.165, 1.54) is 36.9 Å². The van der Waals surface area contributed by atoms with Gasteiger partial charge in [0.2, 0.25) is 0 Å². The van der Waals surface area contributed by atoms with Crippen molar-refractivity contribution < 1.29 is 19.1 Å². The van der Waals surface area contributed by atoms with Gasteiger partial charge in [0.05, 0.1) is 26.2 Å². The number of methoxy groups -OCH3 is 2. The second-order valence-electron chi connectivity index (χ2n) is 8.87. The second-order valence-corrected chi connectivity index (χ2v) is 8.87. The van der Waals surface area contributed by atoms with Gasteiger partial charge in [-0.1, -0.05) is 54.6 Å². The lowest BCUT2D eigenvalue weighted by molar-refractivity contribution is -0.147. The zero-order chi connectivity index (χ0) is 23.7. The first-order chi connectivity index (χ1) is 16.6. The number of hydrogen-bond acceptors (Lipinski definition) is 5. The molecule has 0 N–H and O–H groups in total. The highest BCUT2D eigenvalue weighted by Crippen LogP contribution is 2.46. The van der Waals surface area contributed by atoms with E-state index in [2.05, 4.69) is 46.0 Å². The lowest BCUT2D eigenvalue weighted by Crippen LogP contribution is -2.34. The third-order valence-corrected chi connectivity index (χ3v) is 6.99. The van der Waals surface area contributed by atoms with E-state index in [4.69, 9.17) is 9.47 Å². The number of para-hydroxylation sites is 1. The summed E-state index contributed by atoms with van der Waals surface area (Å²) in [5, 5.41) is 1.17. The van der Waals surface area contributed by atoms with Crippen LogP contribution < -0.4 is 0 Å². The fraction of sp³-hybridized carbons (Fsp3) is 0.286. The first kappa shape index (κ1) is 22.0. The molecule has 1 aromatic heterocycles. The van der Waals surface area contributed by atoms with E-state index >= 15 is 0 Å². The monoisotopic (exact) mass is 456 g/mol. The fourth-order valence-corrected chi connectivity index (χ4v) is 5.35. The Morgan fingerprint density at radius 3 is 2.56 bits per heavy atom. The normalized spacial score (nSPS) is 21.6. The van der Waals surface area contributed by atoms with E-state index in [0.717, 1.165) is 24.1 Å². The van der Waals surface area contributed by atoms with Gasteiger partial charge < -0.3 is 18.9 Å². The number of fused-ring (bicyclic) bond motifs is 6. The number of esters is 2. The Morgan fingerprint density at radius 1 is 1.03 bits per heavy atom. The van der Waals surface area contributed by atoms with E-state index < -0.39 is 5.97 Å². The van der Waals surface area contributed by atoms with Crippen molar-refractivity contribution in [1.82, 2.24) is 9.47 Å². The number of ether oxygens (including phenoxy) is 2. The quantitative estimate of drug-likeness (QED) is 0.414. The van der Waals surface area contributed by atoms with Gasteiger partial charge in [0.1, 0.15) is 0 Å². The highest BCUT2D eigenvalue weighted by atomic mass is 16.5. The molecule has 3 aromatic rings. The minimum atomic E-state index is -0.418. The van der Waals surface area contributed by atoms with Crippen LogP contribution in [0, 0.1) is 11.8 Å². The summed E-state index contributed by atoms with van der Waals surface area (Å²) in [6.45, 7) is 1.25. The lowest BCUT2D eigenvalue weighted by Gasteiger charge is -2.38. The fourth-order valence-electron chi connectivity index (χ4n) is 5.35. The standard InChI is InChI=1S/C28H28N2O4/c1-33-27(31)13-12-21-17-29(16-19-8-4-3-5-9-19)25-15-22(21)23(28(32)34-2)18-30-24-11-7-6-10-20(24)14-26(25)30/h3-14,17,22-23,25H,15-16,18H2,1-2H3/b13-12+/t22-,23?,25-/m0/s1. The number of allylic oxidation sites excluding steroid dienone is 2. The molecule has 2 aliphatic heterocycles. The van der Waals surface area contributed by atoms with Gasteiger partial charge in [-0.05, 0) is 35.1 Å². The largest absolute Gasteiger partial charge is 0.469 e. The van der Waals surface area contributed by atoms with E-state index in [1.54, 1.807) is 6.08 Å². The van der Waals surface area contributed by atoms with Crippen molar-refractivity contribution in [3.63, 3.8) is 0 Å². The van der Waals surface area contributed by atoms with Gasteiger partial charge in [-0.25, -0.2) is 4.79 Å². The molecular weight excluding hydrogens is 428 g/mol. The molecule has 2 aromatic carbocycles. The molecule has 2 aliphatic rings. The Labute approximate surface area is 199 Å². The number of hydrogen-bond donors (Lipinski definition) is 0. The van der Waals surface area contributed by atoms with Gasteiger partial charge in [-0.15, -0.1) is 0 Å². The topological polar surface area (TPSA) is 60.8 Å². The van der Waals surface area contributed by atoms with Crippen LogP contribution in [-0.4, -0.2) is 35.6 Å². The number of carbonyl (C=O) groups excluding carboxylic acids is 2. The minimum absolute atomic E-state index is 0.0796. The predicted octanol–water partition coefficient (Wildman–Crippen LogP) is 4.62. The molecule has 174 valence electrons. The van der Waals surface area contributed by atoms with Crippen LogP contribution in [0.3, 0.4) is 0 Å². The van der Waals surface area contributed by atoms with E-state index in [-0.39, 0.29) is 23.8 Å². The third-order valence-electron chi connectivity index (χ3n) is 6.99. The number of benzene rings is 2. The maximum absolute atomic E-state index is 13.0. The van der Waals surface area contributed by atoms with Gasteiger partial charge >= 0.3 is 11.9 Å². The lowest BCUT2D eigenvalue weighted by atomic mass is 9.79. The van der Waals surface area contributed by atoms with Gasteiger partial charge in [0.15, 0.2) is 0 Å². The first-order valence-electron chi connectivity index (χ1n) is 11.5. The van der Waals surface area contributed by atoms with Crippen molar-refractivity contribution in [1.29, 1.82) is 0 Å². The zero-order valence-electron chi connectivity index (χ0n) is 19.4. The molecule has 0 saturated carbocycles. The third kappa shape index (κ3) is 4.00. The second kappa shape index (κ2) is 9.21. The van der Waals surface area contributed by atoms with Crippen molar-refractivity contribution >= 4 is 22.8 Å². The van der Waals surface area contributed by atoms with Crippen molar-refractivity contribution in [2.75, 3.05) is 14.2 Å². The molecule has 0 fully saturated rings. The molecule has 34 heavy (non-hydrogen) atoms. The summed E-state index contributed by atoms with van der Waals surface area (Å²) < 4.78 is 12.3. The van der Waals surface area contributed by atoms with Crippen LogP contribution in [0.2, 0.25) is 0 Å². The Hall–Kier alpha value is -3.80. The summed E-state index contributed by atoms with van der Waals surface area (Å²) in [5.41, 5.74) is 4.44. The minimum Gasteiger partial charge on any atom is -0.469 e. The summed E-state index contributed by atoms with van der Waals surface area (Å²) >= 11 is 0. The van der Waals surface area contributed by atoms with Crippen molar-refractivity contribution in [3.05, 3.63) is 95.8 Å². The van der Waals surface area contributed by atoms with Gasteiger partial charge in [0.25, 0.3) is 0 Å². The van der Waals surface area contributed by atoms with Gasteiger partial charge in [0, 0.05) is 42.5 Å².